The predicted molar refractivity (Wildman–Crippen MR) is 102 cm³/mol. The lowest BCUT2D eigenvalue weighted by molar-refractivity contribution is -0.134. The van der Waals surface area contributed by atoms with Crippen molar-refractivity contribution in [3.8, 4) is 0 Å². The van der Waals surface area contributed by atoms with Crippen LogP contribution in [0.2, 0.25) is 0 Å². The SMILES string of the molecule is CS(=O)(=O)N1CCN(C(=O)CN(Cc2cccs2)CC2CCCO2)CC1. The average molecular weight is 402 g/mol. The van der Waals surface area contributed by atoms with Crippen LogP contribution in [0.15, 0.2) is 17.5 Å². The minimum absolute atomic E-state index is 0.0627. The standard InChI is InChI=1S/C17H27N3O4S2/c1-26(22,23)20-8-6-19(7-9-20)17(21)14-18(12-15-4-2-10-24-15)13-16-5-3-11-25-16/h3,5,11,15H,2,4,6-10,12-14H2,1H3. The van der Waals surface area contributed by atoms with Crippen LogP contribution in [0.25, 0.3) is 0 Å². The molecule has 2 aliphatic rings. The fourth-order valence-electron chi connectivity index (χ4n) is 3.44. The van der Waals surface area contributed by atoms with E-state index in [1.807, 2.05) is 11.4 Å². The maximum absolute atomic E-state index is 12.7. The molecule has 0 bridgehead atoms. The van der Waals surface area contributed by atoms with E-state index in [0.29, 0.717) is 32.7 Å². The van der Waals surface area contributed by atoms with Gasteiger partial charge in [0.15, 0.2) is 0 Å². The van der Waals surface area contributed by atoms with Crippen molar-refractivity contribution in [1.29, 1.82) is 0 Å². The molecule has 1 amide bonds. The summed E-state index contributed by atoms with van der Waals surface area (Å²) in [4.78, 5) is 17.9. The molecule has 2 fully saturated rings. The molecular formula is C17H27N3O4S2. The number of hydrogen-bond donors (Lipinski definition) is 0. The Morgan fingerprint density at radius 1 is 1.35 bits per heavy atom. The zero-order chi connectivity index (χ0) is 18.6. The molecule has 3 rings (SSSR count). The molecule has 1 unspecified atom stereocenters. The molecule has 146 valence electrons. The molecule has 1 aromatic heterocycles. The number of nitrogens with zero attached hydrogens (tertiary/aromatic N) is 3. The molecule has 0 radical (unpaired) electrons. The van der Waals surface area contributed by atoms with E-state index in [-0.39, 0.29) is 12.0 Å². The monoisotopic (exact) mass is 401 g/mol. The summed E-state index contributed by atoms with van der Waals surface area (Å²) < 4.78 is 30.4. The quantitative estimate of drug-likeness (QED) is 0.677. The third-order valence-electron chi connectivity index (χ3n) is 4.86. The summed E-state index contributed by atoms with van der Waals surface area (Å²) in [5, 5.41) is 2.05. The number of amides is 1. The summed E-state index contributed by atoms with van der Waals surface area (Å²) in [5.74, 6) is 0.0627. The summed E-state index contributed by atoms with van der Waals surface area (Å²) in [7, 11) is -3.18. The molecule has 7 nitrogen and oxygen atoms in total. The first-order valence-corrected chi connectivity index (χ1v) is 11.7. The van der Waals surface area contributed by atoms with Gasteiger partial charge in [-0.15, -0.1) is 11.3 Å². The molecule has 0 N–H and O–H groups in total. The highest BCUT2D eigenvalue weighted by Gasteiger charge is 2.28. The van der Waals surface area contributed by atoms with E-state index in [0.717, 1.165) is 32.5 Å². The Kier molecular flexibility index (Phi) is 6.68. The van der Waals surface area contributed by atoms with E-state index in [4.69, 9.17) is 4.74 Å². The zero-order valence-electron chi connectivity index (χ0n) is 15.2. The van der Waals surface area contributed by atoms with Gasteiger partial charge < -0.3 is 9.64 Å². The molecule has 3 heterocycles. The first kappa shape index (κ1) is 19.8. The molecule has 26 heavy (non-hydrogen) atoms. The van der Waals surface area contributed by atoms with Crippen LogP contribution < -0.4 is 0 Å². The Bertz CT molecular complexity index is 679. The maximum Gasteiger partial charge on any atom is 0.236 e. The highest BCUT2D eigenvalue weighted by atomic mass is 32.2. The van der Waals surface area contributed by atoms with Gasteiger partial charge in [0.1, 0.15) is 0 Å². The van der Waals surface area contributed by atoms with Gasteiger partial charge in [0.2, 0.25) is 15.9 Å². The number of thiophene rings is 1. The first-order chi connectivity index (χ1) is 12.4. The van der Waals surface area contributed by atoms with Crippen LogP contribution in [-0.4, -0.2) is 86.7 Å². The molecule has 1 atom stereocenters. The van der Waals surface area contributed by atoms with E-state index >= 15 is 0 Å². The lowest BCUT2D eigenvalue weighted by atomic mass is 10.2. The van der Waals surface area contributed by atoms with Crippen molar-refractivity contribution < 1.29 is 17.9 Å². The smallest absolute Gasteiger partial charge is 0.236 e. The van der Waals surface area contributed by atoms with Crippen molar-refractivity contribution in [3.05, 3.63) is 22.4 Å². The molecule has 0 spiro atoms. The second kappa shape index (κ2) is 8.79. The van der Waals surface area contributed by atoms with Crippen molar-refractivity contribution in [2.75, 3.05) is 52.1 Å². The number of hydrogen-bond acceptors (Lipinski definition) is 6. The molecule has 1 aromatic rings. The van der Waals surface area contributed by atoms with Gasteiger partial charge in [-0.25, -0.2) is 8.42 Å². The molecule has 0 aromatic carbocycles. The Balaban J connectivity index is 1.56. The fourth-order valence-corrected chi connectivity index (χ4v) is 5.02. The van der Waals surface area contributed by atoms with E-state index in [9.17, 15) is 13.2 Å². The summed E-state index contributed by atoms with van der Waals surface area (Å²) in [6.45, 7) is 4.31. The summed E-state index contributed by atoms with van der Waals surface area (Å²) in [6.07, 6.45) is 3.54. The Morgan fingerprint density at radius 3 is 2.69 bits per heavy atom. The van der Waals surface area contributed by atoms with Crippen molar-refractivity contribution in [2.45, 2.75) is 25.5 Å². The number of carbonyl (C=O) groups excluding carboxylic acids is 1. The van der Waals surface area contributed by atoms with Gasteiger partial charge in [-0.2, -0.15) is 4.31 Å². The van der Waals surface area contributed by atoms with Gasteiger partial charge in [-0.05, 0) is 24.3 Å². The van der Waals surface area contributed by atoms with E-state index in [1.54, 1.807) is 16.2 Å². The minimum atomic E-state index is -3.18. The van der Waals surface area contributed by atoms with Crippen LogP contribution in [0, 0.1) is 0 Å². The third kappa shape index (κ3) is 5.50. The summed E-state index contributed by atoms with van der Waals surface area (Å²) >= 11 is 1.69. The molecular weight excluding hydrogens is 374 g/mol. The van der Waals surface area contributed by atoms with Gasteiger partial charge in [-0.1, -0.05) is 6.07 Å². The normalized spacial score (nSPS) is 22.2. The Hall–Kier alpha value is -1.00. The van der Waals surface area contributed by atoms with Crippen molar-refractivity contribution >= 4 is 27.3 Å². The number of ether oxygens (including phenoxy) is 1. The minimum Gasteiger partial charge on any atom is -0.377 e. The number of sulfonamides is 1. The first-order valence-electron chi connectivity index (χ1n) is 9.01. The van der Waals surface area contributed by atoms with Crippen LogP contribution in [0.3, 0.4) is 0 Å². The summed E-state index contributed by atoms with van der Waals surface area (Å²) in [5.41, 5.74) is 0. The second-order valence-corrected chi connectivity index (χ2v) is 9.94. The lowest BCUT2D eigenvalue weighted by Crippen LogP contribution is -2.52. The van der Waals surface area contributed by atoms with Gasteiger partial charge in [0.05, 0.1) is 18.9 Å². The summed E-state index contributed by atoms with van der Waals surface area (Å²) in [6, 6.07) is 4.11. The molecule has 9 heteroatoms. The van der Waals surface area contributed by atoms with Crippen molar-refractivity contribution in [2.24, 2.45) is 0 Å². The molecule has 0 saturated carbocycles. The van der Waals surface area contributed by atoms with Crippen molar-refractivity contribution in [1.82, 2.24) is 14.1 Å². The van der Waals surface area contributed by atoms with Gasteiger partial charge in [-0.3, -0.25) is 9.69 Å². The fraction of sp³-hybridized carbons (Fsp3) is 0.706. The van der Waals surface area contributed by atoms with Crippen LogP contribution in [0.4, 0.5) is 0 Å². The predicted octanol–water partition coefficient (Wildman–Crippen LogP) is 0.833. The van der Waals surface area contributed by atoms with Gasteiger partial charge in [0, 0.05) is 50.8 Å². The average Bonchev–Trinajstić information content (AvgIpc) is 3.28. The number of carbonyl (C=O) groups is 1. The lowest BCUT2D eigenvalue weighted by Gasteiger charge is -2.34. The van der Waals surface area contributed by atoms with E-state index < -0.39 is 10.0 Å². The third-order valence-corrected chi connectivity index (χ3v) is 7.03. The largest absolute Gasteiger partial charge is 0.377 e. The molecule has 0 aliphatic carbocycles. The van der Waals surface area contributed by atoms with E-state index in [2.05, 4.69) is 11.0 Å². The van der Waals surface area contributed by atoms with Gasteiger partial charge in [0.25, 0.3) is 0 Å². The van der Waals surface area contributed by atoms with Crippen LogP contribution in [0.5, 0.6) is 0 Å². The number of piperazine rings is 1. The van der Waals surface area contributed by atoms with Crippen LogP contribution in [0.1, 0.15) is 17.7 Å². The van der Waals surface area contributed by atoms with Crippen LogP contribution >= 0.6 is 11.3 Å². The topological polar surface area (TPSA) is 70.2 Å². The number of rotatable bonds is 7. The maximum atomic E-state index is 12.7. The van der Waals surface area contributed by atoms with Gasteiger partial charge >= 0.3 is 0 Å². The molecule has 2 saturated heterocycles. The van der Waals surface area contributed by atoms with Crippen LogP contribution in [-0.2, 0) is 26.1 Å². The molecule has 2 aliphatic heterocycles. The van der Waals surface area contributed by atoms with E-state index in [1.165, 1.54) is 15.4 Å². The Labute approximate surface area is 159 Å². The Morgan fingerprint density at radius 2 is 2.12 bits per heavy atom. The second-order valence-electron chi connectivity index (χ2n) is 6.93. The zero-order valence-corrected chi connectivity index (χ0v) is 16.8. The highest BCUT2D eigenvalue weighted by Crippen LogP contribution is 2.17. The van der Waals surface area contributed by atoms with Crippen molar-refractivity contribution in [3.63, 3.8) is 0 Å². The highest BCUT2D eigenvalue weighted by molar-refractivity contribution is 7.88.